The second-order valence-electron chi connectivity index (χ2n) is 8.07. The maximum Gasteiger partial charge on any atom is 0.317 e. The molecule has 2 aromatic carbocycles. The second kappa shape index (κ2) is 10.3. The van der Waals surface area contributed by atoms with Crippen molar-refractivity contribution in [1.82, 2.24) is 0 Å². The summed E-state index contributed by atoms with van der Waals surface area (Å²) in [5, 5.41) is 48.9. The minimum Gasteiger partial charge on any atom is -0.508 e. The lowest BCUT2D eigenvalue weighted by molar-refractivity contribution is -0.278. The van der Waals surface area contributed by atoms with E-state index in [2.05, 4.69) is 0 Å². The lowest BCUT2D eigenvalue weighted by Crippen LogP contribution is -2.60. The number of carboxylic acid groups (broad SMARTS) is 1. The molecule has 0 aliphatic carbocycles. The summed E-state index contributed by atoms with van der Waals surface area (Å²) in [7, 11) is 0. The van der Waals surface area contributed by atoms with Crippen LogP contribution < -0.4 is 10.2 Å². The summed E-state index contributed by atoms with van der Waals surface area (Å²) < 4.78 is 21.4. The van der Waals surface area contributed by atoms with Crippen LogP contribution in [-0.2, 0) is 19.1 Å². The topological polar surface area (TPSA) is 193 Å². The van der Waals surface area contributed by atoms with E-state index in [4.69, 9.17) is 23.7 Å². The Morgan fingerprint density at radius 2 is 1.69 bits per heavy atom. The molecule has 0 radical (unpaired) electrons. The zero-order chi connectivity index (χ0) is 26.0. The second-order valence-corrected chi connectivity index (χ2v) is 8.07. The first-order valence-corrected chi connectivity index (χ1v) is 10.7. The number of aliphatic hydroxyl groups is 3. The van der Waals surface area contributed by atoms with Crippen LogP contribution >= 0.6 is 0 Å². The van der Waals surface area contributed by atoms with Gasteiger partial charge in [-0.2, -0.15) is 0 Å². The Bertz CT molecular complexity index is 1310. The van der Waals surface area contributed by atoms with Crippen LogP contribution in [0.4, 0.5) is 0 Å². The van der Waals surface area contributed by atoms with Gasteiger partial charge in [-0.3, -0.25) is 14.4 Å². The Labute approximate surface area is 202 Å². The Balaban J connectivity index is 1.51. The molecule has 3 aromatic rings. The number of ether oxygens (including phenoxy) is 3. The van der Waals surface area contributed by atoms with E-state index in [1.807, 2.05) is 0 Å². The number of hydrogen-bond acceptors (Lipinski definition) is 11. The highest BCUT2D eigenvalue weighted by atomic mass is 16.7. The van der Waals surface area contributed by atoms with Crippen molar-refractivity contribution >= 4 is 22.9 Å². The predicted octanol–water partition coefficient (Wildman–Crippen LogP) is 0.370. The normalized spacial score (nSPS) is 23.8. The predicted molar refractivity (Wildman–Crippen MR) is 120 cm³/mol. The SMILES string of the molecule is O=C(O)CC(=O)OC[C@@H]1O[C@@H](Oc2ccc3c(=O)c(-c4ccc(O)cc4)coc3c2)[C@@H](O)[C@H](O)[C@H]1O. The van der Waals surface area contributed by atoms with E-state index in [0.29, 0.717) is 5.56 Å². The molecule has 12 heteroatoms. The summed E-state index contributed by atoms with van der Waals surface area (Å²) in [6.07, 6.45) is -7.53. The van der Waals surface area contributed by atoms with Crippen molar-refractivity contribution in [2.75, 3.05) is 6.61 Å². The number of carbonyl (C=O) groups is 2. The van der Waals surface area contributed by atoms with E-state index in [-0.39, 0.29) is 33.5 Å². The van der Waals surface area contributed by atoms with Crippen molar-refractivity contribution in [1.29, 1.82) is 0 Å². The molecule has 36 heavy (non-hydrogen) atoms. The summed E-state index contributed by atoms with van der Waals surface area (Å²) >= 11 is 0. The molecule has 1 saturated heterocycles. The molecule has 1 aromatic heterocycles. The molecule has 0 saturated carbocycles. The average Bonchev–Trinajstić information content (AvgIpc) is 2.84. The number of aromatic hydroxyl groups is 1. The summed E-state index contributed by atoms with van der Waals surface area (Å²) in [5.41, 5.74) is 0.652. The Hall–Kier alpha value is -3.97. The molecule has 1 aliphatic rings. The van der Waals surface area contributed by atoms with Gasteiger partial charge in [0.2, 0.25) is 6.29 Å². The van der Waals surface area contributed by atoms with Gasteiger partial charge in [0, 0.05) is 6.07 Å². The van der Waals surface area contributed by atoms with Gasteiger partial charge in [-0.05, 0) is 29.8 Å². The third-order valence-corrected chi connectivity index (χ3v) is 5.55. The fraction of sp³-hybridized carbons (Fsp3) is 0.292. The number of hydrogen-bond donors (Lipinski definition) is 5. The number of aliphatic carboxylic acids is 1. The van der Waals surface area contributed by atoms with Crippen LogP contribution in [0.5, 0.6) is 11.5 Å². The Morgan fingerprint density at radius 3 is 2.39 bits per heavy atom. The van der Waals surface area contributed by atoms with Gasteiger partial charge in [0.25, 0.3) is 0 Å². The Kier molecular flexibility index (Phi) is 7.22. The van der Waals surface area contributed by atoms with E-state index in [0.717, 1.165) is 0 Å². The molecule has 2 heterocycles. The number of benzene rings is 2. The largest absolute Gasteiger partial charge is 0.508 e. The van der Waals surface area contributed by atoms with E-state index < -0.39 is 55.7 Å². The van der Waals surface area contributed by atoms with Crippen molar-refractivity contribution in [2.24, 2.45) is 0 Å². The van der Waals surface area contributed by atoms with Crippen LogP contribution in [0.15, 0.2) is 57.9 Å². The minimum absolute atomic E-state index is 0.0520. The minimum atomic E-state index is -1.72. The number of carboxylic acids is 1. The van der Waals surface area contributed by atoms with Gasteiger partial charge in [-0.1, -0.05) is 12.1 Å². The number of phenolic OH excluding ortho intramolecular Hbond substituents is 1. The highest BCUT2D eigenvalue weighted by Gasteiger charge is 2.45. The van der Waals surface area contributed by atoms with Crippen molar-refractivity contribution < 1.29 is 53.7 Å². The van der Waals surface area contributed by atoms with E-state index in [1.165, 1.54) is 36.6 Å². The number of phenols is 1. The van der Waals surface area contributed by atoms with Crippen LogP contribution in [0.3, 0.4) is 0 Å². The molecule has 5 N–H and O–H groups in total. The zero-order valence-electron chi connectivity index (χ0n) is 18.5. The number of carbonyl (C=O) groups excluding carboxylic acids is 1. The summed E-state index contributed by atoms with van der Waals surface area (Å²) in [4.78, 5) is 35.0. The molecule has 12 nitrogen and oxygen atoms in total. The highest BCUT2D eigenvalue weighted by molar-refractivity contribution is 5.90. The van der Waals surface area contributed by atoms with Gasteiger partial charge in [0.15, 0.2) is 5.43 Å². The molecule has 190 valence electrons. The number of fused-ring (bicyclic) bond motifs is 1. The van der Waals surface area contributed by atoms with Crippen molar-refractivity contribution in [3.05, 3.63) is 59.0 Å². The van der Waals surface area contributed by atoms with E-state index in [9.17, 15) is 34.8 Å². The number of aliphatic hydroxyl groups excluding tert-OH is 3. The first-order chi connectivity index (χ1) is 17.1. The molecular formula is C24H22O12. The quantitative estimate of drug-likeness (QED) is 0.220. The van der Waals surface area contributed by atoms with Crippen LogP contribution in [0.25, 0.3) is 22.1 Å². The zero-order valence-corrected chi connectivity index (χ0v) is 18.5. The molecular weight excluding hydrogens is 480 g/mol. The standard InChI is InChI=1S/C24H22O12/c25-12-3-1-11(2-4-12)15-9-33-16-7-13(5-6-14(16)20(15)29)35-24-23(32)22(31)21(30)17(36-24)10-34-19(28)8-18(26)27/h1-7,9,17,21-25,30-32H,8,10H2,(H,26,27)/t17-,21-,22+,23-,24+/m0/s1. The number of esters is 1. The summed E-state index contributed by atoms with van der Waals surface area (Å²) in [6.45, 7) is -0.594. The van der Waals surface area contributed by atoms with Gasteiger partial charge in [-0.25, -0.2) is 0 Å². The first kappa shape index (κ1) is 25.1. The maximum absolute atomic E-state index is 12.9. The Morgan fingerprint density at radius 1 is 0.972 bits per heavy atom. The lowest BCUT2D eigenvalue weighted by atomic mass is 9.99. The van der Waals surface area contributed by atoms with E-state index >= 15 is 0 Å². The molecule has 0 amide bonds. The smallest absolute Gasteiger partial charge is 0.317 e. The number of rotatable bonds is 7. The van der Waals surface area contributed by atoms with Crippen LogP contribution in [-0.4, -0.2) is 74.8 Å². The first-order valence-electron chi connectivity index (χ1n) is 10.7. The fourth-order valence-electron chi connectivity index (χ4n) is 3.66. The molecule has 0 unspecified atom stereocenters. The summed E-state index contributed by atoms with van der Waals surface area (Å²) in [5.74, 6) is -2.33. The van der Waals surface area contributed by atoms with Gasteiger partial charge < -0.3 is 44.2 Å². The van der Waals surface area contributed by atoms with Gasteiger partial charge in [-0.15, -0.1) is 0 Å². The molecule has 1 aliphatic heterocycles. The third kappa shape index (κ3) is 5.31. The lowest BCUT2D eigenvalue weighted by Gasteiger charge is -2.39. The van der Waals surface area contributed by atoms with Gasteiger partial charge >= 0.3 is 11.9 Å². The fourth-order valence-corrected chi connectivity index (χ4v) is 3.66. The van der Waals surface area contributed by atoms with Crippen LogP contribution in [0, 0.1) is 0 Å². The highest BCUT2D eigenvalue weighted by Crippen LogP contribution is 2.28. The molecule has 5 atom stereocenters. The molecule has 4 rings (SSSR count). The third-order valence-electron chi connectivity index (χ3n) is 5.55. The maximum atomic E-state index is 12.9. The van der Waals surface area contributed by atoms with Crippen molar-refractivity contribution in [3.63, 3.8) is 0 Å². The average molecular weight is 502 g/mol. The molecule has 0 spiro atoms. The summed E-state index contributed by atoms with van der Waals surface area (Å²) in [6, 6.07) is 10.2. The van der Waals surface area contributed by atoms with E-state index in [1.54, 1.807) is 12.1 Å². The van der Waals surface area contributed by atoms with Gasteiger partial charge in [0.1, 0.15) is 60.8 Å². The molecule has 0 bridgehead atoms. The molecule has 1 fully saturated rings. The van der Waals surface area contributed by atoms with Gasteiger partial charge in [0.05, 0.1) is 10.9 Å². The van der Waals surface area contributed by atoms with Crippen molar-refractivity contribution in [2.45, 2.75) is 37.1 Å². The monoisotopic (exact) mass is 502 g/mol. The van der Waals surface area contributed by atoms with Crippen LogP contribution in [0.2, 0.25) is 0 Å². The van der Waals surface area contributed by atoms with Crippen molar-refractivity contribution in [3.8, 4) is 22.6 Å². The van der Waals surface area contributed by atoms with Crippen LogP contribution in [0.1, 0.15) is 6.42 Å².